The summed E-state index contributed by atoms with van der Waals surface area (Å²) in [6.07, 6.45) is -0.299. The number of rotatable bonds is 33. The highest BCUT2D eigenvalue weighted by Gasteiger charge is 2.29. The highest BCUT2D eigenvalue weighted by molar-refractivity contribution is 7.90. The van der Waals surface area contributed by atoms with Crippen LogP contribution < -0.4 is 14.2 Å². The van der Waals surface area contributed by atoms with E-state index in [4.69, 9.17) is 0 Å². The molecule has 0 fully saturated rings. The second kappa shape index (κ2) is 38.1. The fraction of sp³-hybridized carbons (Fsp3) is 0.297. The van der Waals surface area contributed by atoms with Crippen molar-refractivity contribution < 1.29 is 39.6 Å². The molecule has 3 N–H and O–H groups in total. The minimum absolute atomic E-state index is 0.00312. The number of nitrogens with one attached hydrogen (secondary N) is 3. The summed E-state index contributed by atoms with van der Waals surface area (Å²) in [6, 6.07) is 77.0. The van der Waals surface area contributed by atoms with Gasteiger partial charge in [-0.2, -0.15) is 0 Å². The van der Waals surface area contributed by atoms with E-state index in [1.165, 1.54) is 12.1 Å². The molecule has 15 nitrogen and oxygen atoms in total. The molecule has 19 heteroatoms. The summed E-state index contributed by atoms with van der Waals surface area (Å²) in [5, 5.41) is 1.10. The molecule has 1 heterocycles. The maximum Gasteiger partial charge on any atom is 0.264 e. The average molecular weight is 1680 g/mol. The molecule has 11 aromatic carbocycles. The Balaban J connectivity index is 0.655. The van der Waals surface area contributed by atoms with Crippen molar-refractivity contribution in [1.82, 2.24) is 28.9 Å². The lowest BCUT2D eigenvalue weighted by Crippen LogP contribution is -2.32. The van der Waals surface area contributed by atoms with Gasteiger partial charge in [-0.15, -0.1) is 11.3 Å². The number of thiophene rings is 1. The number of benzene rings is 11. The van der Waals surface area contributed by atoms with Crippen LogP contribution in [-0.4, -0.2) is 85.9 Å². The van der Waals surface area contributed by atoms with Crippen LogP contribution in [0, 0.1) is 0 Å². The molecule has 120 heavy (non-hydrogen) atoms. The van der Waals surface area contributed by atoms with Gasteiger partial charge in [-0.05, 0) is 258 Å². The van der Waals surface area contributed by atoms with Crippen molar-refractivity contribution in [3.05, 3.63) is 314 Å². The molecule has 1 aromatic heterocycles. The first-order chi connectivity index (χ1) is 56.9. The van der Waals surface area contributed by atoms with Crippen LogP contribution >= 0.6 is 11.3 Å². The number of fused-ring (bicyclic) bond motifs is 1. The van der Waals surface area contributed by atoms with Crippen LogP contribution in [0.15, 0.2) is 251 Å². The Hall–Kier alpha value is -10.5. The van der Waals surface area contributed by atoms with Crippen LogP contribution in [0.4, 0.5) is 0 Å². The second-order valence-corrected chi connectivity index (χ2v) is 40.3. The number of sulfonamides is 3. The largest absolute Gasteiger partial charge is 0.305 e. The van der Waals surface area contributed by atoms with Gasteiger partial charge >= 0.3 is 0 Å². The Bertz CT molecular complexity index is 5990. The fourth-order valence-electron chi connectivity index (χ4n) is 16.2. The summed E-state index contributed by atoms with van der Waals surface area (Å²) in [5.74, 6) is -1.56. The molecule has 0 aliphatic carbocycles. The standard InChI is InChI=1S/C101H112N6O9S4/c1-64(2)89-50-80(75-37-35-74(36-38-75)73-23-18-17-19-24-73)51-90(65(3)4)95(89)56-99(108)103-119(113,114)86-42-31-71(32-43-86)60-106(15)62-79-25-20-21-28-88(79)78-27-22-26-76(47-78)81-52-91(66(5)6)96(92(53-81)67(7)8)57-100(109)104-120(115,116)87-44-33-72(34-45-87)61-107(16)63-84-49-83-48-77(39-46-98(83)117-84)82-54-93(68(9)10)97(94(55-82)69(11)12)58-101(110)102-118(111,112)85-40-29-70(30-41-85)59-105(13)14/h17-55,64-69H,56-63H2,1-16H3,(H,102,110)(H,103,108)(H,104,109). The Morgan fingerprint density at radius 3 is 1.03 bits per heavy atom. The van der Waals surface area contributed by atoms with Gasteiger partial charge in [-0.25, -0.2) is 39.4 Å². The quantitative estimate of drug-likeness (QED) is 0.0352. The molecule has 0 unspecified atom stereocenters. The molecule has 0 radical (unpaired) electrons. The lowest BCUT2D eigenvalue weighted by atomic mass is 9.83. The van der Waals surface area contributed by atoms with Gasteiger partial charge in [0.15, 0.2) is 0 Å². The zero-order valence-electron chi connectivity index (χ0n) is 71.8. The van der Waals surface area contributed by atoms with Crippen molar-refractivity contribution in [2.75, 3.05) is 28.2 Å². The Kier molecular flexibility index (Phi) is 28.2. The predicted octanol–water partition coefficient (Wildman–Crippen LogP) is 21.4. The van der Waals surface area contributed by atoms with E-state index < -0.39 is 47.8 Å². The SMILES string of the molecule is CC(C)c1cc(-c2ccc(-c3ccccc3)cc2)cc(C(C)C)c1CC(=O)NS(=O)(=O)c1ccc(CN(C)Cc2ccccc2-c2cccc(-c3cc(C(C)C)c(CC(=O)NS(=O)(=O)c4ccc(CN(C)Cc5cc6cc(-c7cc(C(C)C)c(CC(=O)NS(=O)(=O)c8ccc(CN(C)C)cc8)c(C(C)C)c7)ccc6s5)cc4)c(C(C)C)c3)c2)cc1. The smallest absolute Gasteiger partial charge is 0.264 e. The van der Waals surface area contributed by atoms with E-state index in [-0.39, 0.29) is 69.5 Å². The molecule has 0 bridgehead atoms. The monoisotopic (exact) mass is 1680 g/mol. The average Bonchev–Trinajstić information content (AvgIpc) is 1.13. The Morgan fingerprint density at radius 1 is 0.308 bits per heavy atom. The third-order valence-corrected chi connectivity index (χ3v) is 27.4. The predicted molar refractivity (Wildman–Crippen MR) is 491 cm³/mol. The Labute approximate surface area is 715 Å². The fourth-order valence-corrected chi connectivity index (χ4v) is 20.3. The maximum absolute atomic E-state index is 14.1. The number of carbonyl (C=O) groups excluding carboxylic acids is 3. The molecule has 12 rings (SSSR count). The van der Waals surface area contributed by atoms with Crippen LogP contribution in [0.1, 0.15) is 196 Å². The molecule has 12 aromatic rings. The first kappa shape index (κ1) is 88.8. The first-order valence-electron chi connectivity index (χ1n) is 41.3. The van der Waals surface area contributed by atoms with E-state index in [0.29, 0.717) is 32.7 Å². The van der Waals surface area contributed by atoms with Crippen molar-refractivity contribution >= 4 is 69.2 Å². The van der Waals surface area contributed by atoms with Gasteiger partial charge in [0.2, 0.25) is 17.7 Å². The van der Waals surface area contributed by atoms with Gasteiger partial charge in [-0.1, -0.05) is 259 Å². The third-order valence-electron chi connectivity index (χ3n) is 22.2. The summed E-state index contributed by atoms with van der Waals surface area (Å²) in [4.78, 5) is 49.2. The van der Waals surface area contributed by atoms with E-state index >= 15 is 0 Å². The number of carbonyl (C=O) groups is 3. The van der Waals surface area contributed by atoms with Crippen LogP contribution in [0.25, 0.3) is 65.7 Å². The zero-order chi connectivity index (χ0) is 86.2. The van der Waals surface area contributed by atoms with E-state index in [0.717, 1.165) is 143 Å². The molecule has 0 saturated carbocycles. The van der Waals surface area contributed by atoms with Gasteiger partial charge in [0.1, 0.15) is 0 Å². The minimum atomic E-state index is -4.24. The first-order valence-corrected chi connectivity index (χ1v) is 46.6. The minimum Gasteiger partial charge on any atom is -0.305 e. The highest BCUT2D eigenvalue weighted by Crippen LogP contribution is 2.41. The Morgan fingerprint density at radius 2 is 0.633 bits per heavy atom. The summed E-state index contributed by atoms with van der Waals surface area (Å²) >= 11 is 1.72. The summed E-state index contributed by atoms with van der Waals surface area (Å²) in [5.41, 5.74) is 22.8. The van der Waals surface area contributed by atoms with Crippen LogP contribution in [-0.2, 0) is 96.4 Å². The summed E-state index contributed by atoms with van der Waals surface area (Å²) in [7, 11) is -4.60. The molecule has 3 amide bonds. The van der Waals surface area contributed by atoms with Crippen molar-refractivity contribution in [2.24, 2.45) is 0 Å². The van der Waals surface area contributed by atoms with Crippen LogP contribution in [0.5, 0.6) is 0 Å². The number of amides is 3. The van der Waals surface area contributed by atoms with Gasteiger partial charge < -0.3 is 4.90 Å². The lowest BCUT2D eigenvalue weighted by Gasteiger charge is -2.22. The molecule has 0 atom stereocenters. The number of hydrogen-bond donors (Lipinski definition) is 3. The normalized spacial score (nSPS) is 12.2. The van der Waals surface area contributed by atoms with E-state index in [2.05, 4.69) is 241 Å². The van der Waals surface area contributed by atoms with Crippen LogP contribution in [0.2, 0.25) is 0 Å². The topological polar surface area (TPSA) is 199 Å². The van der Waals surface area contributed by atoms with E-state index in [1.54, 1.807) is 72.0 Å². The van der Waals surface area contributed by atoms with E-state index in [1.807, 2.05) is 63.4 Å². The van der Waals surface area contributed by atoms with Crippen molar-refractivity contribution in [2.45, 2.75) is 185 Å². The number of nitrogens with zero attached hydrogens (tertiary/aromatic N) is 3. The third kappa shape index (κ3) is 21.8. The second-order valence-electron chi connectivity index (χ2n) is 34.1. The van der Waals surface area contributed by atoms with Gasteiger partial charge in [0.05, 0.1) is 33.9 Å². The molecule has 624 valence electrons. The molecule has 0 saturated heterocycles. The highest BCUT2D eigenvalue weighted by atomic mass is 32.2. The van der Waals surface area contributed by atoms with Crippen LogP contribution in [0.3, 0.4) is 0 Å². The number of hydrogen-bond acceptors (Lipinski definition) is 13. The van der Waals surface area contributed by atoms with Gasteiger partial charge in [0.25, 0.3) is 30.1 Å². The van der Waals surface area contributed by atoms with E-state index in [9.17, 15) is 39.6 Å². The molecular weight excluding hydrogens is 1570 g/mol. The van der Waals surface area contributed by atoms with Gasteiger partial charge in [-0.3, -0.25) is 24.2 Å². The molecule has 0 aliphatic rings. The summed E-state index contributed by atoms with van der Waals surface area (Å²) in [6.45, 7) is 28.1. The lowest BCUT2D eigenvalue weighted by molar-refractivity contribution is -0.119. The molecule has 0 aliphatic heterocycles. The van der Waals surface area contributed by atoms with Crippen molar-refractivity contribution in [3.8, 4) is 55.6 Å². The summed E-state index contributed by atoms with van der Waals surface area (Å²) < 4.78 is 91.0. The molecular formula is C101H112N6O9S4. The van der Waals surface area contributed by atoms with Crippen molar-refractivity contribution in [1.29, 1.82) is 0 Å². The van der Waals surface area contributed by atoms with Gasteiger partial charge in [0, 0.05) is 42.3 Å². The van der Waals surface area contributed by atoms with Crippen molar-refractivity contribution in [3.63, 3.8) is 0 Å². The molecule has 0 spiro atoms. The zero-order valence-corrected chi connectivity index (χ0v) is 75.1. The maximum atomic E-state index is 14.1.